The molecule has 0 unspecified atom stereocenters. The van der Waals surface area contributed by atoms with Crippen molar-refractivity contribution in [1.29, 1.82) is 0 Å². The summed E-state index contributed by atoms with van der Waals surface area (Å²) in [5, 5.41) is 15.3. The molecule has 0 saturated carbocycles. The van der Waals surface area contributed by atoms with Crippen molar-refractivity contribution >= 4 is 10.8 Å². The average Bonchev–Trinajstić information content (AvgIpc) is 2.53. The van der Waals surface area contributed by atoms with Crippen molar-refractivity contribution in [2.45, 2.75) is 12.5 Å². The van der Waals surface area contributed by atoms with E-state index in [-0.39, 0.29) is 6.61 Å². The van der Waals surface area contributed by atoms with Gasteiger partial charge in [-0.05, 0) is 28.8 Å². The van der Waals surface area contributed by atoms with Gasteiger partial charge in [0.05, 0.1) is 0 Å². The van der Waals surface area contributed by atoms with Gasteiger partial charge >= 0.3 is 0 Å². The van der Waals surface area contributed by atoms with Crippen LogP contribution in [0.25, 0.3) is 10.8 Å². The van der Waals surface area contributed by atoms with Crippen LogP contribution in [-0.2, 0) is 0 Å². The minimum atomic E-state index is 0.238. The van der Waals surface area contributed by atoms with Gasteiger partial charge in [0.2, 0.25) is 0 Å². The molecular formula is C17H22N2O. The van der Waals surface area contributed by atoms with Crippen LogP contribution in [0, 0.1) is 0 Å². The summed E-state index contributed by atoms with van der Waals surface area (Å²) in [4.78, 5) is 2.48. The van der Waals surface area contributed by atoms with Gasteiger partial charge in [0, 0.05) is 38.8 Å². The predicted molar refractivity (Wildman–Crippen MR) is 82.8 cm³/mol. The second-order valence-electron chi connectivity index (χ2n) is 5.42. The predicted octanol–water partition coefficient (Wildman–Crippen LogP) is 2.17. The van der Waals surface area contributed by atoms with Gasteiger partial charge in [-0.2, -0.15) is 0 Å². The Kier molecular flexibility index (Phi) is 4.31. The summed E-state index contributed by atoms with van der Waals surface area (Å²) in [6.07, 6.45) is 0.804. The number of hydrogen-bond donors (Lipinski definition) is 2. The van der Waals surface area contributed by atoms with Gasteiger partial charge in [-0.25, -0.2) is 0 Å². The zero-order chi connectivity index (χ0) is 13.8. The first-order valence-electron chi connectivity index (χ1n) is 7.43. The lowest BCUT2D eigenvalue weighted by Gasteiger charge is -2.35. The fraction of sp³-hybridized carbons (Fsp3) is 0.412. The molecule has 2 N–H and O–H groups in total. The van der Waals surface area contributed by atoms with Gasteiger partial charge in [0.1, 0.15) is 0 Å². The highest BCUT2D eigenvalue weighted by Crippen LogP contribution is 2.27. The summed E-state index contributed by atoms with van der Waals surface area (Å²) in [5.74, 6) is 0. The first-order chi connectivity index (χ1) is 9.88. The highest BCUT2D eigenvalue weighted by molar-refractivity contribution is 5.83. The second kappa shape index (κ2) is 6.35. The van der Waals surface area contributed by atoms with Crippen molar-refractivity contribution in [3.05, 3.63) is 48.0 Å². The number of piperazine rings is 1. The van der Waals surface area contributed by atoms with Crippen LogP contribution in [0.5, 0.6) is 0 Å². The summed E-state index contributed by atoms with van der Waals surface area (Å²) in [7, 11) is 0. The van der Waals surface area contributed by atoms with Gasteiger partial charge in [0.15, 0.2) is 0 Å². The molecular weight excluding hydrogens is 248 g/mol. The number of rotatable bonds is 4. The first kappa shape index (κ1) is 13.6. The lowest BCUT2D eigenvalue weighted by Crippen LogP contribution is -2.45. The van der Waals surface area contributed by atoms with Crippen LogP contribution >= 0.6 is 0 Å². The summed E-state index contributed by atoms with van der Waals surface area (Å²) in [6.45, 7) is 4.42. The third kappa shape index (κ3) is 2.85. The lowest BCUT2D eigenvalue weighted by atomic mass is 9.98. The summed E-state index contributed by atoms with van der Waals surface area (Å²) in [5.41, 5.74) is 1.32. The van der Waals surface area contributed by atoms with E-state index in [4.69, 9.17) is 0 Å². The molecule has 3 heteroatoms. The Balaban J connectivity index is 1.91. The fourth-order valence-corrected chi connectivity index (χ4v) is 3.09. The highest BCUT2D eigenvalue weighted by Gasteiger charge is 2.21. The maximum absolute atomic E-state index is 9.40. The number of hydrogen-bond acceptors (Lipinski definition) is 3. The first-order valence-corrected chi connectivity index (χ1v) is 7.43. The zero-order valence-electron chi connectivity index (χ0n) is 11.8. The van der Waals surface area contributed by atoms with Crippen LogP contribution in [0.3, 0.4) is 0 Å². The summed E-state index contributed by atoms with van der Waals surface area (Å²) >= 11 is 0. The molecule has 1 aliphatic rings. The van der Waals surface area contributed by atoms with Gasteiger partial charge in [-0.1, -0.05) is 36.4 Å². The quantitative estimate of drug-likeness (QED) is 0.894. The van der Waals surface area contributed by atoms with Crippen molar-refractivity contribution in [2.75, 3.05) is 32.8 Å². The number of nitrogens with zero attached hydrogens (tertiary/aromatic N) is 1. The third-order valence-electron chi connectivity index (χ3n) is 4.15. The van der Waals surface area contributed by atoms with Gasteiger partial charge in [-0.3, -0.25) is 4.90 Å². The Morgan fingerprint density at radius 1 is 1.05 bits per heavy atom. The van der Waals surface area contributed by atoms with Crippen molar-refractivity contribution in [1.82, 2.24) is 10.2 Å². The van der Waals surface area contributed by atoms with E-state index in [0.29, 0.717) is 6.04 Å². The molecule has 0 aromatic heterocycles. The molecule has 0 amide bonds. The molecule has 20 heavy (non-hydrogen) atoms. The fourth-order valence-electron chi connectivity index (χ4n) is 3.09. The molecule has 1 aliphatic heterocycles. The van der Waals surface area contributed by atoms with Crippen LogP contribution in [-0.4, -0.2) is 42.8 Å². The van der Waals surface area contributed by atoms with Crippen molar-refractivity contribution in [2.24, 2.45) is 0 Å². The minimum absolute atomic E-state index is 0.238. The van der Waals surface area contributed by atoms with Crippen molar-refractivity contribution in [3.8, 4) is 0 Å². The van der Waals surface area contributed by atoms with E-state index in [1.165, 1.54) is 16.3 Å². The molecule has 3 rings (SSSR count). The Labute approximate surface area is 120 Å². The Morgan fingerprint density at radius 2 is 1.80 bits per heavy atom. The number of fused-ring (bicyclic) bond motifs is 1. The molecule has 1 saturated heterocycles. The second-order valence-corrected chi connectivity index (χ2v) is 5.42. The lowest BCUT2D eigenvalue weighted by molar-refractivity contribution is 0.141. The number of aliphatic hydroxyl groups excluding tert-OH is 1. The largest absolute Gasteiger partial charge is 0.396 e. The maximum atomic E-state index is 9.40. The molecule has 1 fully saturated rings. The maximum Gasteiger partial charge on any atom is 0.0449 e. The zero-order valence-corrected chi connectivity index (χ0v) is 11.8. The van der Waals surface area contributed by atoms with E-state index >= 15 is 0 Å². The topological polar surface area (TPSA) is 35.5 Å². The Bertz CT molecular complexity index is 564. The molecule has 1 heterocycles. The van der Waals surface area contributed by atoms with Gasteiger partial charge in [-0.15, -0.1) is 0 Å². The molecule has 1 atom stereocenters. The van der Waals surface area contributed by atoms with Crippen LogP contribution in [0.2, 0.25) is 0 Å². The molecule has 106 valence electrons. The highest BCUT2D eigenvalue weighted by atomic mass is 16.3. The normalized spacial score (nSPS) is 18.2. The molecule has 2 aromatic carbocycles. The van der Waals surface area contributed by atoms with E-state index in [1.54, 1.807) is 0 Å². The molecule has 0 radical (unpaired) electrons. The van der Waals surface area contributed by atoms with E-state index < -0.39 is 0 Å². The van der Waals surface area contributed by atoms with Crippen molar-refractivity contribution in [3.63, 3.8) is 0 Å². The molecule has 0 bridgehead atoms. The molecule has 2 aromatic rings. The monoisotopic (exact) mass is 270 g/mol. The van der Waals surface area contributed by atoms with Crippen LogP contribution in [0.4, 0.5) is 0 Å². The SMILES string of the molecule is OCC[C@H](c1ccc2ccccc2c1)N1CCNCC1. The van der Waals surface area contributed by atoms with Gasteiger partial charge < -0.3 is 10.4 Å². The smallest absolute Gasteiger partial charge is 0.0449 e. The number of benzene rings is 2. The summed E-state index contributed by atoms with van der Waals surface area (Å²) < 4.78 is 0. The molecule has 0 aliphatic carbocycles. The van der Waals surface area contributed by atoms with E-state index in [2.05, 4.69) is 52.7 Å². The average molecular weight is 270 g/mol. The Morgan fingerprint density at radius 3 is 2.55 bits per heavy atom. The van der Waals surface area contributed by atoms with Crippen LogP contribution in [0.15, 0.2) is 42.5 Å². The number of aliphatic hydroxyl groups is 1. The molecule has 0 spiro atoms. The summed E-state index contributed by atoms with van der Waals surface area (Å²) in [6, 6.07) is 15.5. The van der Waals surface area contributed by atoms with Crippen LogP contribution in [0.1, 0.15) is 18.0 Å². The van der Waals surface area contributed by atoms with Crippen molar-refractivity contribution < 1.29 is 5.11 Å². The van der Waals surface area contributed by atoms with Crippen LogP contribution < -0.4 is 5.32 Å². The van der Waals surface area contributed by atoms with E-state index in [1.807, 2.05) is 0 Å². The Hall–Kier alpha value is -1.42. The number of nitrogens with one attached hydrogen (secondary N) is 1. The minimum Gasteiger partial charge on any atom is -0.396 e. The standard InChI is InChI=1S/C17H22N2O/c20-12-7-17(19-10-8-18-9-11-19)16-6-5-14-3-1-2-4-15(14)13-16/h1-6,13,17-18,20H,7-12H2/t17-/m1/s1. The molecule has 3 nitrogen and oxygen atoms in total. The van der Waals surface area contributed by atoms with E-state index in [9.17, 15) is 5.11 Å². The van der Waals surface area contributed by atoms with E-state index in [0.717, 1.165) is 32.6 Å². The third-order valence-corrected chi connectivity index (χ3v) is 4.15. The van der Waals surface area contributed by atoms with Gasteiger partial charge in [0.25, 0.3) is 0 Å².